The Morgan fingerprint density at radius 2 is 1.11 bits per heavy atom. The first kappa shape index (κ1) is 62.9. The molecule has 1 atom stereocenters. The highest BCUT2D eigenvalue weighted by molar-refractivity contribution is 7.81. The average molecular weight is 1210 g/mol. The summed E-state index contributed by atoms with van der Waals surface area (Å²) in [4.78, 5) is 36.4. The van der Waals surface area contributed by atoms with Crippen molar-refractivity contribution >= 4 is 102 Å². The highest BCUT2D eigenvalue weighted by atomic mass is 32.1. The molecule has 0 amide bonds. The van der Waals surface area contributed by atoms with Crippen molar-refractivity contribution < 1.29 is 55.7 Å². The number of hydrogen-bond acceptors (Lipinski definition) is 13. The van der Waals surface area contributed by atoms with E-state index in [1.807, 2.05) is 58.9 Å². The average Bonchev–Trinajstić information content (AvgIpc) is 4.16. The van der Waals surface area contributed by atoms with Crippen LogP contribution in [0.3, 0.4) is 0 Å². The van der Waals surface area contributed by atoms with Gasteiger partial charge in [-0.15, -0.1) is 34.0 Å². The van der Waals surface area contributed by atoms with Gasteiger partial charge in [0.15, 0.2) is 17.4 Å². The van der Waals surface area contributed by atoms with Crippen LogP contribution in [0.5, 0.6) is 0 Å². The smallest absolute Gasteiger partial charge is 0.348 e. The van der Waals surface area contributed by atoms with E-state index in [2.05, 4.69) is 65.9 Å². The van der Waals surface area contributed by atoms with E-state index in [0.717, 1.165) is 52.1 Å². The molecule has 0 radical (unpaired) electrons. The molecular weight excluding hydrogens is 1140 g/mol. The van der Waals surface area contributed by atoms with Crippen LogP contribution in [0.15, 0.2) is 115 Å². The first-order valence-electron chi connectivity index (χ1n) is 28.2. The highest BCUT2D eigenvalue weighted by Gasteiger charge is 2.44. The highest BCUT2D eigenvalue weighted by Crippen LogP contribution is 2.67. The van der Waals surface area contributed by atoms with E-state index in [0.29, 0.717) is 30.6 Å². The quantitative estimate of drug-likeness (QED) is 0.0374. The van der Waals surface area contributed by atoms with Gasteiger partial charge in [0.1, 0.15) is 10.7 Å². The van der Waals surface area contributed by atoms with Gasteiger partial charge in [-0.25, -0.2) is 18.0 Å². The number of hydrogen-bond donors (Lipinski definition) is 2. The molecule has 0 aliphatic heterocycles. The minimum absolute atomic E-state index is 0.0342. The Morgan fingerprint density at radius 3 is 1.61 bits per heavy atom. The van der Waals surface area contributed by atoms with Crippen LogP contribution in [0, 0.1) is 23.4 Å². The summed E-state index contributed by atoms with van der Waals surface area (Å²) in [5, 5.41) is 13.1. The van der Waals surface area contributed by atoms with Gasteiger partial charge in [-0.3, -0.25) is 14.2 Å². The molecule has 9 nitrogen and oxygen atoms in total. The summed E-state index contributed by atoms with van der Waals surface area (Å²) in [6.45, 7) is 12.0. The molecule has 8 aromatic rings. The van der Waals surface area contributed by atoms with Crippen molar-refractivity contribution in [3.05, 3.63) is 175 Å². The van der Waals surface area contributed by atoms with Gasteiger partial charge in [-0.05, 0) is 198 Å². The predicted octanol–water partition coefficient (Wildman–Crippen LogP) is 18.5. The minimum atomic E-state index is -3.66. The maximum atomic E-state index is 14.4. The summed E-state index contributed by atoms with van der Waals surface area (Å²) in [5.74, 6) is -0.659. The van der Waals surface area contributed by atoms with Gasteiger partial charge in [0, 0.05) is 29.8 Å². The molecule has 82 heavy (non-hydrogen) atoms. The van der Waals surface area contributed by atoms with Gasteiger partial charge >= 0.3 is 19.5 Å². The predicted molar refractivity (Wildman–Crippen MR) is 330 cm³/mol. The third kappa shape index (κ3) is 16.4. The van der Waals surface area contributed by atoms with Crippen LogP contribution >= 0.6 is 54.2 Å². The molecule has 0 bridgehead atoms. The Morgan fingerprint density at radius 1 is 0.610 bits per heavy atom. The van der Waals surface area contributed by atoms with E-state index in [-0.39, 0.29) is 60.2 Å². The number of rotatable bonds is 18. The summed E-state index contributed by atoms with van der Waals surface area (Å²) in [7, 11) is -3.66. The van der Waals surface area contributed by atoms with Crippen LogP contribution < -0.4 is 0 Å². The van der Waals surface area contributed by atoms with E-state index in [1.54, 1.807) is 65.2 Å². The van der Waals surface area contributed by atoms with Crippen LogP contribution in [-0.4, -0.2) is 54.0 Å². The Bertz CT molecular complexity index is 3500. The number of ether oxygens (including phenoxy) is 2. The van der Waals surface area contributed by atoms with Gasteiger partial charge < -0.3 is 23.6 Å². The van der Waals surface area contributed by atoms with Crippen LogP contribution in [0.2, 0.25) is 0 Å². The van der Waals surface area contributed by atoms with Crippen molar-refractivity contribution in [2.75, 3.05) is 19.0 Å². The maximum Gasteiger partial charge on any atom is 0.348 e. The minimum Gasteiger partial charge on any atom is -0.465 e. The van der Waals surface area contributed by atoms with E-state index in [4.69, 9.17) is 13.8 Å². The number of thiophene rings is 3. The molecule has 3 heterocycles. The molecule has 1 N–H and O–H groups in total. The number of halogens is 3. The number of aliphatic hydroxyl groups is 1. The van der Waals surface area contributed by atoms with E-state index in [9.17, 15) is 37.2 Å². The molecule has 436 valence electrons. The number of Topliss-reactive ketones (excluding diaryl/α,β-unsaturated/α-hetero) is 1. The van der Waals surface area contributed by atoms with Crippen LogP contribution in [0.25, 0.3) is 30.3 Å². The van der Waals surface area contributed by atoms with E-state index >= 15 is 0 Å². The van der Waals surface area contributed by atoms with Crippen molar-refractivity contribution in [2.24, 2.45) is 5.92 Å². The second-order valence-corrected chi connectivity index (χ2v) is 27.0. The molecule has 0 spiro atoms. The lowest BCUT2D eigenvalue weighted by molar-refractivity contribution is -0.139. The molecule has 4 aliphatic rings. The lowest BCUT2D eigenvalue weighted by Gasteiger charge is -2.30. The zero-order chi connectivity index (χ0) is 58.7. The summed E-state index contributed by atoms with van der Waals surface area (Å²) in [6.07, 6.45) is 8.64. The fraction of sp³-hybridized carbons (Fsp3) is 0.400. The number of benzene rings is 5. The van der Waals surface area contributed by atoms with Crippen molar-refractivity contribution in [1.82, 2.24) is 0 Å². The summed E-state index contributed by atoms with van der Waals surface area (Å²) >= 11 is 8.59. The Balaban J connectivity index is 0.000000148. The van der Waals surface area contributed by atoms with Crippen LogP contribution in [-0.2, 0) is 40.9 Å². The Kier molecular flexibility index (Phi) is 22.3. The van der Waals surface area contributed by atoms with Crippen molar-refractivity contribution in [2.45, 2.75) is 142 Å². The van der Waals surface area contributed by atoms with Gasteiger partial charge in [0.2, 0.25) is 0 Å². The van der Waals surface area contributed by atoms with Gasteiger partial charge in [-0.1, -0.05) is 72.8 Å². The monoisotopic (exact) mass is 1210 g/mol. The molecule has 0 saturated heterocycles. The zero-order valence-electron chi connectivity index (χ0n) is 47.2. The molecule has 4 fully saturated rings. The second-order valence-electron chi connectivity index (χ2n) is 21.3. The lowest BCUT2D eigenvalue weighted by atomic mass is 10.0. The standard InChI is InChI=1S/C25H29F2O3PS.C14H14O2S.C12H12OS.C10H9FO.C4H8O2S/c1-15(2)29-31(28,30-16(3)4)22(14-17-9-12-20(26)21(27)13-17)25-24(18-10-11-18)19-7-5-6-8-23(19)32-25;1-2-16-14(15)13-12(9-7-8-9)10-5-3-4-6-11(10)17-13;13-7-11-12(8-5-6-8)9-3-1-2-4-10(9)14-11;11-9-4-2-1-3-8(9)10(12)7-5-6-7;1-2-6-4(5)3-7/h5-9,12-13,15-16,18,22H,10-11,14H2,1-4H3;3-6,9H,2,7-8H2,1H3;1-4,8,13H,5-7H2;1-4,7H,5-6H2;7H,2-3H2,1H3. The topological polar surface area (TPSA) is 125 Å². The summed E-state index contributed by atoms with van der Waals surface area (Å²) in [5.41, 5.74) is 4.06. The fourth-order valence-corrected chi connectivity index (χ4v) is 16.4. The molecule has 5 aromatic carbocycles. The summed E-state index contributed by atoms with van der Waals surface area (Å²) in [6, 6.07) is 34.9. The molecule has 4 saturated carbocycles. The summed E-state index contributed by atoms with van der Waals surface area (Å²) < 4.78 is 80.3. The number of carbonyl (C=O) groups excluding carboxylic acids is 3. The third-order valence-electron chi connectivity index (χ3n) is 13.9. The zero-order valence-corrected chi connectivity index (χ0v) is 51.4. The Labute approximate surface area is 496 Å². The first-order chi connectivity index (χ1) is 39.5. The number of carbonyl (C=O) groups is 3. The first-order valence-corrected chi connectivity index (χ1v) is 32.9. The van der Waals surface area contributed by atoms with E-state index in [1.165, 1.54) is 84.9 Å². The largest absolute Gasteiger partial charge is 0.465 e. The number of esters is 2. The van der Waals surface area contributed by atoms with Gasteiger partial charge in [0.05, 0.1) is 49.0 Å². The van der Waals surface area contributed by atoms with Crippen LogP contribution in [0.1, 0.15) is 168 Å². The van der Waals surface area contributed by atoms with Crippen LogP contribution in [0.4, 0.5) is 13.2 Å². The normalized spacial score (nSPS) is 15.1. The van der Waals surface area contributed by atoms with Crippen molar-refractivity contribution in [1.29, 1.82) is 0 Å². The molecule has 12 rings (SSSR count). The number of fused-ring (bicyclic) bond motifs is 3. The molecule has 3 aromatic heterocycles. The van der Waals surface area contributed by atoms with Gasteiger partial charge in [0.25, 0.3) is 0 Å². The van der Waals surface area contributed by atoms with Crippen molar-refractivity contribution in [3.8, 4) is 0 Å². The number of thiol groups is 1. The molecular formula is C65H72F3O9PS4. The lowest BCUT2D eigenvalue weighted by Crippen LogP contribution is -2.15. The van der Waals surface area contributed by atoms with Gasteiger partial charge in [-0.2, -0.15) is 12.6 Å². The third-order valence-corrected chi connectivity index (χ3v) is 20.6. The molecule has 1 unspecified atom stereocenters. The maximum absolute atomic E-state index is 14.4. The van der Waals surface area contributed by atoms with Crippen molar-refractivity contribution in [3.63, 3.8) is 0 Å². The van der Waals surface area contributed by atoms with E-state index < -0.39 is 30.7 Å². The number of aliphatic hydroxyl groups excluding tert-OH is 1. The number of ketones is 1. The Hall–Kier alpha value is -5.16. The second kappa shape index (κ2) is 29.1. The SMILES string of the molecule is CC(C)OP(=O)(OC(C)C)C(Cc1ccc(F)c(F)c1)c1sc2ccccc2c1C1CC1.CCOC(=O)CS.CCOC(=O)c1sc2ccccc2c1C1CC1.O=C(c1ccccc1F)C1CC1.OCc1sc2ccccc2c1C1CC1. The fourth-order valence-electron chi connectivity index (χ4n) is 9.80. The molecule has 17 heteroatoms. The molecule has 4 aliphatic carbocycles.